The first-order chi connectivity index (χ1) is 12.7. The number of hydrogen-bond acceptors (Lipinski definition) is 9. The van der Waals surface area contributed by atoms with Crippen LogP contribution in [0.1, 0.15) is 48.0 Å². The summed E-state index contributed by atoms with van der Waals surface area (Å²) in [5.74, 6) is -4.35. The van der Waals surface area contributed by atoms with E-state index in [2.05, 4.69) is 0 Å². The van der Waals surface area contributed by atoms with Crippen LogP contribution in [0.3, 0.4) is 0 Å². The molecule has 0 rings (SSSR count). The Morgan fingerprint density at radius 3 is 1.71 bits per heavy atom. The van der Waals surface area contributed by atoms with Crippen molar-refractivity contribution in [3.8, 4) is 0 Å². The molecule has 0 saturated heterocycles. The van der Waals surface area contributed by atoms with Gasteiger partial charge in [-0.05, 0) is 32.1 Å². The van der Waals surface area contributed by atoms with E-state index in [1.54, 1.807) is 27.7 Å². The van der Waals surface area contributed by atoms with E-state index in [9.17, 15) is 24.3 Å². The van der Waals surface area contributed by atoms with Gasteiger partial charge < -0.3 is 27.0 Å². The van der Waals surface area contributed by atoms with Gasteiger partial charge >= 0.3 is 11.9 Å². The van der Waals surface area contributed by atoms with Crippen molar-refractivity contribution in [1.29, 1.82) is 0 Å². The van der Waals surface area contributed by atoms with Crippen LogP contribution in [0, 0.1) is 11.8 Å². The average molecular weight is 402 g/mol. The second-order valence-electron chi connectivity index (χ2n) is 7.76. The van der Waals surface area contributed by atoms with Gasteiger partial charge in [0.05, 0.1) is 12.1 Å². The highest BCUT2D eigenvalue weighted by Gasteiger charge is 2.41. The molecule has 5 atom stereocenters. The topological polar surface area (TPSA) is 179 Å². The maximum atomic E-state index is 12.7. The van der Waals surface area contributed by atoms with E-state index in [0.717, 1.165) is 0 Å². The highest BCUT2D eigenvalue weighted by Crippen LogP contribution is 2.17. The van der Waals surface area contributed by atoms with E-state index in [-0.39, 0.29) is 18.3 Å². The summed E-state index contributed by atoms with van der Waals surface area (Å²) in [5, 5.41) is 9.64. The van der Waals surface area contributed by atoms with Crippen LogP contribution in [0.4, 0.5) is 0 Å². The summed E-state index contributed by atoms with van der Waals surface area (Å²) in [5.41, 5.74) is 17.0. The lowest BCUT2D eigenvalue weighted by Gasteiger charge is -2.33. The third-order valence-electron chi connectivity index (χ3n) is 4.14. The number of aliphatic hydroxyl groups excluding tert-OH is 1. The summed E-state index contributed by atoms with van der Waals surface area (Å²) in [7, 11) is 0. The molecule has 0 unspecified atom stereocenters. The molecule has 2 amide bonds. The summed E-state index contributed by atoms with van der Waals surface area (Å²) < 4.78 is 4.84. The lowest BCUT2D eigenvalue weighted by atomic mass is 9.99. The van der Waals surface area contributed by atoms with Gasteiger partial charge in [0.1, 0.15) is 18.1 Å². The fourth-order valence-electron chi connectivity index (χ4n) is 2.26. The number of nitrogens with zero attached hydrogens (tertiary/aromatic N) is 1. The second kappa shape index (κ2) is 11.2. The maximum absolute atomic E-state index is 12.7. The molecular weight excluding hydrogens is 368 g/mol. The van der Waals surface area contributed by atoms with E-state index in [0.29, 0.717) is 4.90 Å². The molecule has 0 aromatic heterocycles. The molecule has 0 radical (unpaired) electrons. The van der Waals surface area contributed by atoms with Crippen molar-refractivity contribution >= 4 is 23.8 Å². The first kappa shape index (κ1) is 26.1. The molecular formula is C18H34N4O6. The summed E-state index contributed by atoms with van der Waals surface area (Å²) >= 11 is 0. The van der Waals surface area contributed by atoms with Gasteiger partial charge in [-0.2, -0.15) is 0 Å². The largest absolute Gasteiger partial charge is 0.391 e. The van der Waals surface area contributed by atoms with Crippen molar-refractivity contribution in [2.24, 2.45) is 29.0 Å². The quantitative estimate of drug-likeness (QED) is 0.274. The van der Waals surface area contributed by atoms with Crippen molar-refractivity contribution < 1.29 is 29.0 Å². The highest BCUT2D eigenvalue weighted by molar-refractivity contribution is 6.04. The minimum absolute atomic E-state index is 0.0137. The van der Waals surface area contributed by atoms with Crippen LogP contribution in [0.5, 0.6) is 0 Å². The molecule has 28 heavy (non-hydrogen) atoms. The SMILES string of the molecule is CC(C)C[C@@H](C(=O)OC(=O)[C@@H](N)C(C)C)N(C(=O)[C@H](C)N)C(=O)[C@@H](N)[C@@H](C)O. The van der Waals surface area contributed by atoms with Crippen LogP contribution in [0.2, 0.25) is 0 Å². The van der Waals surface area contributed by atoms with Gasteiger partial charge in [0.2, 0.25) is 11.8 Å². The average Bonchev–Trinajstić information content (AvgIpc) is 2.58. The first-order valence-electron chi connectivity index (χ1n) is 9.29. The standard InChI is InChI=1S/C18H34N4O6/c1-8(2)7-12(17(26)28-18(27)13(20)9(3)4)22(15(24)10(5)19)16(25)14(21)11(6)23/h8-14,23H,7,19-21H2,1-6H3/t10-,11+,12-,13-,14-/m0/s1. The van der Waals surface area contributed by atoms with Crippen molar-refractivity contribution in [1.82, 2.24) is 4.90 Å². The number of rotatable bonds is 9. The van der Waals surface area contributed by atoms with Crippen molar-refractivity contribution in [3.05, 3.63) is 0 Å². The highest BCUT2D eigenvalue weighted by atomic mass is 16.6. The number of nitrogens with two attached hydrogens (primary N) is 3. The molecule has 0 heterocycles. The Morgan fingerprint density at radius 2 is 1.36 bits per heavy atom. The van der Waals surface area contributed by atoms with Crippen LogP contribution in [-0.4, -0.2) is 64.0 Å². The van der Waals surface area contributed by atoms with Gasteiger partial charge in [0.25, 0.3) is 0 Å². The molecule has 10 nitrogen and oxygen atoms in total. The number of amides is 2. The molecule has 0 saturated carbocycles. The second-order valence-corrected chi connectivity index (χ2v) is 7.76. The van der Waals surface area contributed by atoms with Crippen LogP contribution in [-0.2, 0) is 23.9 Å². The van der Waals surface area contributed by atoms with Crippen molar-refractivity contribution in [3.63, 3.8) is 0 Å². The maximum Gasteiger partial charge on any atom is 0.337 e. The lowest BCUT2D eigenvalue weighted by molar-refractivity contribution is -0.171. The minimum Gasteiger partial charge on any atom is -0.391 e. The number of ether oxygens (including phenoxy) is 1. The van der Waals surface area contributed by atoms with Crippen molar-refractivity contribution in [2.45, 2.75) is 78.2 Å². The molecule has 0 bridgehead atoms. The molecule has 0 spiro atoms. The predicted octanol–water partition coefficient (Wildman–Crippen LogP) is -1.14. The minimum atomic E-state index is -1.46. The van der Waals surface area contributed by atoms with Gasteiger partial charge in [-0.3, -0.25) is 14.5 Å². The fraction of sp³-hybridized carbons (Fsp3) is 0.778. The zero-order valence-electron chi connectivity index (χ0n) is 17.4. The van der Waals surface area contributed by atoms with Crippen molar-refractivity contribution in [2.75, 3.05) is 0 Å². The van der Waals surface area contributed by atoms with Gasteiger partial charge in [0, 0.05) is 0 Å². The monoisotopic (exact) mass is 402 g/mol. The smallest absolute Gasteiger partial charge is 0.337 e. The Morgan fingerprint density at radius 1 is 0.857 bits per heavy atom. The van der Waals surface area contributed by atoms with E-state index in [1.807, 2.05) is 0 Å². The molecule has 0 aliphatic carbocycles. The molecule has 0 fully saturated rings. The van der Waals surface area contributed by atoms with Crippen LogP contribution < -0.4 is 17.2 Å². The summed E-state index contributed by atoms with van der Waals surface area (Å²) in [6.45, 7) is 9.50. The van der Waals surface area contributed by atoms with Crippen LogP contribution in [0.15, 0.2) is 0 Å². The van der Waals surface area contributed by atoms with Gasteiger partial charge in [-0.25, -0.2) is 9.59 Å². The van der Waals surface area contributed by atoms with Gasteiger partial charge in [0.15, 0.2) is 0 Å². The molecule has 10 heteroatoms. The summed E-state index contributed by atoms with van der Waals surface area (Å²) in [4.78, 5) is 50.7. The number of imide groups is 1. The Balaban J connectivity index is 5.96. The summed E-state index contributed by atoms with van der Waals surface area (Å²) in [6, 6.07) is -5.06. The van der Waals surface area contributed by atoms with Crippen LogP contribution in [0.25, 0.3) is 0 Å². The molecule has 0 aliphatic heterocycles. The Labute approximate surface area is 165 Å². The predicted molar refractivity (Wildman–Crippen MR) is 102 cm³/mol. The van der Waals surface area contributed by atoms with E-state index in [4.69, 9.17) is 21.9 Å². The molecule has 0 aliphatic rings. The molecule has 0 aromatic rings. The zero-order valence-corrected chi connectivity index (χ0v) is 17.4. The van der Waals surface area contributed by atoms with E-state index >= 15 is 0 Å². The number of aliphatic hydroxyl groups is 1. The third-order valence-corrected chi connectivity index (χ3v) is 4.14. The lowest BCUT2D eigenvalue weighted by Crippen LogP contribution is -2.60. The van der Waals surface area contributed by atoms with E-state index in [1.165, 1.54) is 13.8 Å². The number of carbonyl (C=O) groups is 4. The summed E-state index contributed by atoms with van der Waals surface area (Å²) in [6.07, 6.45) is -1.26. The van der Waals surface area contributed by atoms with Gasteiger partial charge in [-0.15, -0.1) is 0 Å². The normalized spacial score (nSPS) is 16.9. The molecule has 0 aromatic carbocycles. The van der Waals surface area contributed by atoms with Crippen LogP contribution >= 0.6 is 0 Å². The first-order valence-corrected chi connectivity index (χ1v) is 9.29. The molecule has 7 N–H and O–H groups in total. The number of carbonyl (C=O) groups excluding carboxylic acids is 4. The van der Waals surface area contributed by atoms with E-state index < -0.39 is 54.0 Å². The third kappa shape index (κ3) is 7.27. The Kier molecular flexibility index (Phi) is 10.4. The Bertz CT molecular complexity index is 576. The van der Waals surface area contributed by atoms with Gasteiger partial charge in [-0.1, -0.05) is 27.7 Å². The number of hydrogen-bond donors (Lipinski definition) is 4. The number of esters is 2. The zero-order chi connectivity index (χ0) is 22.3. The fourth-order valence-corrected chi connectivity index (χ4v) is 2.26. The Hall–Kier alpha value is -1.88. The molecule has 162 valence electrons.